The number of rotatable bonds is 0. The number of aryl methyl sites for hydroxylation is 1. The number of nitriles is 1. The topological polar surface area (TPSA) is 75.8 Å². The Morgan fingerprint density at radius 1 is 1.36 bits per heavy atom. The summed E-state index contributed by atoms with van der Waals surface area (Å²) in [5, 5.41) is 8.64. The van der Waals surface area contributed by atoms with Crippen LogP contribution in [0.2, 0.25) is 0 Å². The number of hydrogen-bond donors (Lipinski definition) is 2. The molecule has 56 valence electrons. The Balaban J connectivity index is 3.44. The molecule has 0 amide bonds. The van der Waals surface area contributed by atoms with Crippen molar-refractivity contribution in [1.82, 2.24) is 0 Å². The third-order valence-electron chi connectivity index (χ3n) is 1.60. The predicted molar refractivity (Wildman–Crippen MR) is 44.7 cm³/mol. The molecule has 0 saturated carbocycles. The number of nitrogens with two attached hydrogens (primary N) is 2. The van der Waals surface area contributed by atoms with Crippen LogP contribution in [0.25, 0.3) is 0 Å². The van der Waals surface area contributed by atoms with E-state index in [1.54, 1.807) is 12.1 Å². The fourth-order valence-electron chi connectivity index (χ4n) is 0.893. The lowest BCUT2D eigenvalue weighted by Gasteiger charge is -2.03. The van der Waals surface area contributed by atoms with Gasteiger partial charge >= 0.3 is 0 Å². The van der Waals surface area contributed by atoms with Crippen molar-refractivity contribution >= 4 is 11.4 Å². The van der Waals surface area contributed by atoms with Crippen LogP contribution in [0.4, 0.5) is 11.4 Å². The molecule has 1 rings (SSSR count). The van der Waals surface area contributed by atoms with Crippen LogP contribution in [0.3, 0.4) is 0 Å². The smallest absolute Gasteiger partial charge is 0.102 e. The van der Waals surface area contributed by atoms with Gasteiger partial charge in [0.2, 0.25) is 0 Å². The molecule has 0 aromatic heterocycles. The third kappa shape index (κ3) is 1.10. The second kappa shape index (κ2) is 2.51. The largest absolute Gasteiger partial charge is 0.397 e. The summed E-state index contributed by atoms with van der Waals surface area (Å²) in [4.78, 5) is 0. The van der Waals surface area contributed by atoms with Crippen LogP contribution in [-0.2, 0) is 0 Å². The van der Waals surface area contributed by atoms with Crippen LogP contribution in [0.1, 0.15) is 11.1 Å². The van der Waals surface area contributed by atoms with E-state index >= 15 is 0 Å². The molecule has 0 aliphatic heterocycles. The zero-order valence-electron chi connectivity index (χ0n) is 6.26. The highest BCUT2D eigenvalue weighted by Crippen LogP contribution is 2.21. The quantitative estimate of drug-likeness (QED) is 0.538. The van der Waals surface area contributed by atoms with E-state index in [1.165, 1.54) is 0 Å². The Hall–Kier alpha value is -1.69. The molecular formula is C8H9N3. The van der Waals surface area contributed by atoms with Crippen LogP contribution < -0.4 is 11.5 Å². The molecule has 0 spiro atoms. The van der Waals surface area contributed by atoms with Gasteiger partial charge in [-0.2, -0.15) is 5.26 Å². The van der Waals surface area contributed by atoms with E-state index in [0.717, 1.165) is 5.56 Å². The van der Waals surface area contributed by atoms with Crippen molar-refractivity contribution in [3.8, 4) is 6.07 Å². The minimum absolute atomic E-state index is 0.382. The molecule has 1 aromatic rings. The van der Waals surface area contributed by atoms with Gasteiger partial charge in [0.05, 0.1) is 16.9 Å². The lowest BCUT2D eigenvalue weighted by Crippen LogP contribution is -1.98. The molecule has 1 aromatic carbocycles. The van der Waals surface area contributed by atoms with Crippen molar-refractivity contribution in [2.75, 3.05) is 11.5 Å². The average molecular weight is 147 g/mol. The number of nitrogen functional groups attached to an aromatic ring is 2. The number of nitrogens with zero attached hydrogens (tertiary/aromatic N) is 1. The van der Waals surface area contributed by atoms with Crippen LogP contribution in [0.15, 0.2) is 12.1 Å². The molecule has 3 heteroatoms. The van der Waals surface area contributed by atoms with Crippen molar-refractivity contribution in [2.45, 2.75) is 6.92 Å². The first-order chi connectivity index (χ1) is 5.16. The van der Waals surface area contributed by atoms with Crippen molar-refractivity contribution in [2.24, 2.45) is 0 Å². The second-order valence-electron chi connectivity index (χ2n) is 2.37. The second-order valence-corrected chi connectivity index (χ2v) is 2.37. The first-order valence-electron chi connectivity index (χ1n) is 3.21. The molecule has 0 fully saturated rings. The number of anilines is 2. The predicted octanol–water partition coefficient (Wildman–Crippen LogP) is 1.03. The van der Waals surface area contributed by atoms with Gasteiger partial charge in [-0.1, -0.05) is 6.07 Å². The Labute approximate surface area is 65.2 Å². The van der Waals surface area contributed by atoms with Crippen molar-refractivity contribution in [3.05, 3.63) is 23.3 Å². The fraction of sp³-hybridized carbons (Fsp3) is 0.125. The molecule has 4 N–H and O–H groups in total. The van der Waals surface area contributed by atoms with E-state index < -0.39 is 0 Å². The maximum atomic E-state index is 8.64. The van der Waals surface area contributed by atoms with E-state index in [4.69, 9.17) is 16.7 Å². The average Bonchev–Trinajstić information content (AvgIpc) is 1.99. The Morgan fingerprint density at radius 3 is 2.45 bits per heavy atom. The first kappa shape index (κ1) is 7.42. The molecule has 0 unspecified atom stereocenters. The van der Waals surface area contributed by atoms with Gasteiger partial charge in [-0.15, -0.1) is 0 Å². The lowest BCUT2D eigenvalue weighted by molar-refractivity contribution is 1.40. The van der Waals surface area contributed by atoms with E-state index in [0.29, 0.717) is 16.9 Å². The van der Waals surface area contributed by atoms with Crippen molar-refractivity contribution in [3.63, 3.8) is 0 Å². The highest BCUT2D eigenvalue weighted by atomic mass is 14.7. The lowest BCUT2D eigenvalue weighted by atomic mass is 10.1. The summed E-state index contributed by atoms with van der Waals surface area (Å²) in [5.41, 5.74) is 13.2. The number of hydrogen-bond acceptors (Lipinski definition) is 3. The number of benzene rings is 1. The first-order valence-corrected chi connectivity index (χ1v) is 3.21. The summed E-state index contributed by atoms with van der Waals surface area (Å²) < 4.78 is 0. The summed E-state index contributed by atoms with van der Waals surface area (Å²) in [7, 11) is 0. The molecular weight excluding hydrogens is 138 g/mol. The normalized spacial score (nSPS) is 9.09. The van der Waals surface area contributed by atoms with Gasteiger partial charge in [0, 0.05) is 0 Å². The molecule has 0 radical (unpaired) electrons. The molecule has 3 nitrogen and oxygen atoms in total. The highest BCUT2D eigenvalue weighted by molar-refractivity contribution is 5.72. The summed E-state index contributed by atoms with van der Waals surface area (Å²) in [6.45, 7) is 1.83. The molecule has 0 atom stereocenters. The van der Waals surface area contributed by atoms with E-state index in [2.05, 4.69) is 0 Å². The zero-order chi connectivity index (χ0) is 8.43. The SMILES string of the molecule is Cc1ccc(N)c(N)c1C#N. The summed E-state index contributed by atoms with van der Waals surface area (Å²) in [6, 6.07) is 5.48. The Morgan fingerprint density at radius 2 is 2.00 bits per heavy atom. The van der Waals surface area contributed by atoms with Crippen molar-refractivity contribution in [1.29, 1.82) is 5.26 Å². The third-order valence-corrected chi connectivity index (χ3v) is 1.60. The minimum Gasteiger partial charge on any atom is -0.397 e. The Kier molecular flexibility index (Phi) is 1.69. The van der Waals surface area contributed by atoms with Crippen molar-refractivity contribution < 1.29 is 0 Å². The summed E-state index contributed by atoms with van der Waals surface area (Å²) in [5.74, 6) is 0. The van der Waals surface area contributed by atoms with Gasteiger partial charge in [-0.05, 0) is 18.6 Å². The van der Waals surface area contributed by atoms with Crippen LogP contribution in [0.5, 0.6) is 0 Å². The van der Waals surface area contributed by atoms with Crippen LogP contribution in [0, 0.1) is 18.3 Å². The summed E-state index contributed by atoms with van der Waals surface area (Å²) >= 11 is 0. The standard InChI is InChI=1S/C8H9N3/c1-5-2-3-7(10)8(11)6(5)4-9/h2-3H,10-11H2,1H3. The zero-order valence-corrected chi connectivity index (χ0v) is 6.26. The van der Waals surface area contributed by atoms with Gasteiger partial charge < -0.3 is 11.5 Å². The van der Waals surface area contributed by atoms with E-state index in [9.17, 15) is 0 Å². The van der Waals surface area contributed by atoms with Gasteiger partial charge in [0.15, 0.2) is 0 Å². The van der Waals surface area contributed by atoms with Gasteiger partial charge in [0.1, 0.15) is 6.07 Å². The Bertz CT molecular complexity index is 323. The van der Waals surface area contributed by atoms with Gasteiger partial charge in [0.25, 0.3) is 0 Å². The minimum atomic E-state index is 0.382. The fourth-order valence-corrected chi connectivity index (χ4v) is 0.893. The van der Waals surface area contributed by atoms with Crippen LogP contribution >= 0.6 is 0 Å². The van der Waals surface area contributed by atoms with E-state index in [1.807, 2.05) is 13.0 Å². The monoisotopic (exact) mass is 147 g/mol. The van der Waals surface area contributed by atoms with Crippen LogP contribution in [-0.4, -0.2) is 0 Å². The van der Waals surface area contributed by atoms with E-state index in [-0.39, 0.29) is 0 Å². The molecule has 0 bridgehead atoms. The van der Waals surface area contributed by atoms with Gasteiger partial charge in [-0.3, -0.25) is 0 Å². The maximum absolute atomic E-state index is 8.64. The maximum Gasteiger partial charge on any atom is 0.102 e. The summed E-state index contributed by atoms with van der Waals surface area (Å²) in [6.07, 6.45) is 0. The molecule has 0 saturated heterocycles. The molecule has 0 aliphatic carbocycles. The van der Waals surface area contributed by atoms with Gasteiger partial charge in [-0.25, -0.2) is 0 Å². The molecule has 0 heterocycles. The molecule has 11 heavy (non-hydrogen) atoms. The molecule has 0 aliphatic rings. The highest BCUT2D eigenvalue weighted by Gasteiger charge is 2.03.